The lowest BCUT2D eigenvalue weighted by Gasteiger charge is -2.45. The van der Waals surface area contributed by atoms with E-state index in [9.17, 15) is 4.79 Å². The lowest BCUT2D eigenvalue weighted by atomic mass is 9.99. The third-order valence-corrected chi connectivity index (χ3v) is 4.03. The number of nitrogens with one attached hydrogen (secondary N) is 1. The van der Waals surface area contributed by atoms with E-state index >= 15 is 0 Å². The highest BCUT2D eigenvalue weighted by Crippen LogP contribution is 2.20. The Bertz CT molecular complexity index is 485. The van der Waals surface area contributed by atoms with Crippen molar-refractivity contribution in [2.24, 2.45) is 0 Å². The topological polar surface area (TPSA) is 61.4 Å². The van der Waals surface area contributed by atoms with Gasteiger partial charge in [0.1, 0.15) is 11.5 Å². The summed E-state index contributed by atoms with van der Waals surface area (Å²) in [5.41, 5.74) is 0.404. The molecule has 0 saturated carbocycles. The van der Waals surface area contributed by atoms with Crippen LogP contribution >= 0.6 is 0 Å². The van der Waals surface area contributed by atoms with Crippen LogP contribution in [0.1, 0.15) is 37.7 Å². The van der Waals surface area contributed by atoms with Crippen molar-refractivity contribution < 1.29 is 4.79 Å². The van der Waals surface area contributed by atoms with E-state index in [1.807, 2.05) is 4.90 Å². The van der Waals surface area contributed by atoms with Gasteiger partial charge in [-0.05, 0) is 27.3 Å². The first kappa shape index (κ1) is 15.7. The van der Waals surface area contributed by atoms with E-state index in [4.69, 9.17) is 0 Å². The second-order valence-electron chi connectivity index (χ2n) is 6.17. The lowest BCUT2D eigenvalue weighted by molar-refractivity contribution is 0.0307. The van der Waals surface area contributed by atoms with Crippen LogP contribution in [0, 0.1) is 0 Å². The second-order valence-corrected chi connectivity index (χ2v) is 6.17. The van der Waals surface area contributed by atoms with E-state index in [1.54, 1.807) is 12.4 Å². The number of aromatic nitrogens is 2. The highest BCUT2D eigenvalue weighted by molar-refractivity contribution is 5.92. The van der Waals surface area contributed by atoms with Gasteiger partial charge in [-0.2, -0.15) is 0 Å². The number of hydrogen-bond acceptors (Lipinski definition) is 5. The molecule has 0 radical (unpaired) electrons. The molecule has 1 saturated heterocycles. The summed E-state index contributed by atoms with van der Waals surface area (Å²) >= 11 is 0. The van der Waals surface area contributed by atoms with Crippen LogP contribution < -0.4 is 5.32 Å². The minimum atomic E-state index is -0.0364. The van der Waals surface area contributed by atoms with E-state index in [-0.39, 0.29) is 11.4 Å². The molecule has 0 aliphatic carbocycles. The molecule has 21 heavy (non-hydrogen) atoms. The number of rotatable bonds is 4. The molecular weight excluding hydrogens is 266 g/mol. The summed E-state index contributed by atoms with van der Waals surface area (Å²) in [7, 11) is 2.09. The van der Waals surface area contributed by atoms with Gasteiger partial charge in [0.25, 0.3) is 5.91 Å². The van der Waals surface area contributed by atoms with Gasteiger partial charge in [-0.15, -0.1) is 0 Å². The molecule has 0 bridgehead atoms. The minimum absolute atomic E-state index is 0.00996. The average Bonchev–Trinajstić information content (AvgIpc) is 2.47. The SMILES string of the molecule is CCCNc1cnc(C(=O)N2CCN(C)C(C)(C)C2)cn1. The minimum Gasteiger partial charge on any atom is -0.369 e. The Kier molecular flexibility index (Phi) is 4.77. The summed E-state index contributed by atoms with van der Waals surface area (Å²) in [6.45, 7) is 9.56. The van der Waals surface area contributed by atoms with Crippen LogP contribution in [0.3, 0.4) is 0 Å². The van der Waals surface area contributed by atoms with Gasteiger partial charge in [0.05, 0.1) is 12.4 Å². The molecule has 0 spiro atoms. The molecule has 1 amide bonds. The first-order chi connectivity index (χ1) is 9.94. The Morgan fingerprint density at radius 3 is 2.67 bits per heavy atom. The number of amides is 1. The third-order valence-electron chi connectivity index (χ3n) is 4.03. The van der Waals surface area contributed by atoms with E-state index in [0.717, 1.165) is 26.1 Å². The van der Waals surface area contributed by atoms with Crippen molar-refractivity contribution in [3.05, 3.63) is 18.1 Å². The summed E-state index contributed by atoms with van der Waals surface area (Å²) in [6.07, 6.45) is 4.22. The van der Waals surface area contributed by atoms with Gasteiger partial charge in [0, 0.05) is 31.7 Å². The lowest BCUT2D eigenvalue weighted by Crippen LogP contribution is -2.58. The molecule has 1 aromatic heterocycles. The zero-order valence-corrected chi connectivity index (χ0v) is 13.4. The maximum atomic E-state index is 12.5. The first-order valence-corrected chi connectivity index (χ1v) is 7.50. The Balaban J connectivity index is 2.03. The summed E-state index contributed by atoms with van der Waals surface area (Å²) in [5, 5.41) is 3.15. The number of likely N-dealkylation sites (N-methyl/N-ethyl adjacent to an activating group) is 1. The Morgan fingerprint density at radius 2 is 2.10 bits per heavy atom. The van der Waals surface area contributed by atoms with E-state index < -0.39 is 0 Å². The van der Waals surface area contributed by atoms with Crippen LogP contribution in [0.25, 0.3) is 0 Å². The molecular formula is C15H25N5O. The molecule has 116 valence electrons. The van der Waals surface area contributed by atoms with E-state index in [0.29, 0.717) is 18.1 Å². The van der Waals surface area contributed by atoms with Crippen molar-refractivity contribution in [1.29, 1.82) is 0 Å². The predicted octanol–water partition coefficient (Wildman–Crippen LogP) is 1.46. The van der Waals surface area contributed by atoms with Crippen LogP contribution in [0.4, 0.5) is 5.82 Å². The molecule has 1 aromatic rings. The van der Waals surface area contributed by atoms with Gasteiger partial charge in [0.15, 0.2) is 0 Å². The largest absolute Gasteiger partial charge is 0.369 e. The standard InChI is InChI=1S/C15H25N5O/c1-5-6-16-13-10-17-12(9-18-13)14(21)20-8-7-19(4)15(2,3)11-20/h9-10H,5-8,11H2,1-4H3,(H,16,18). The number of carbonyl (C=O) groups is 1. The fourth-order valence-electron chi connectivity index (χ4n) is 2.36. The Hall–Kier alpha value is -1.69. The maximum Gasteiger partial charge on any atom is 0.274 e. The Labute approximate surface area is 126 Å². The van der Waals surface area contributed by atoms with Crippen LogP contribution in [0.15, 0.2) is 12.4 Å². The van der Waals surface area contributed by atoms with Crippen molar-refractivity contribution >= 4 is 11.7 Å². The van der Waals surface area contributed by atoms with Gasteiger partial charge in [-0.1, -0.05) is 6.92 Å². The Morgan fingerprint density at radius 1 is 1.33 bits per heavy atom. The van der Waals surface area contributed by atoms with Gasteiger partial charge in [-0.3, -0.25) is 9.69 Å². The van der Waals surface area contributed by atoms with Crippen LogP contribution in [0.5, 0.6) is 0 Å². The highest BCUT2D eigenvalue weighted by Gasteiger charge is 2.33. The molecule has 1 aliphatic rings. The van der Waals surface area contributed by atoms with Gasteiger partial charge in [0.2, 0.25) is 0 Å². The van der Waals surface area contributed by atoms with Crippen LogP contribution in [-0.2, 0) is 0 Å². The highest BCUT2D eigenvalue weighted by atomic mass is 16.2. The maximum absolute atomic E-state index is 12.5. The number of anilines is 1. The van der Waals surface area contributed by atoms with Gasteiger partial charge < -0.3 is 10.2 Å². The number of carbonyl (C=O) groups excluding carboxylic acids is 1. The normalized spacial score (nSPS) is 18.6. The van der Waals surface area contributed by atoms with Crippen molar-refractivity contribution in [1.82, 2.24) is 19.8 Å². The molecule has 1 fully saturated rings. The predicted molar refractivity (Wildman–Crippen MR) is 83.4 cm³/mol. The quantitative estimate of drug-likeness (QED) is 0.910. The number of hydrogen-bond donors (Lipinski definition) is 1. The third kappa shape index (κ3) is 3.69. The second kappa shape index (κ2) is 6.39. The van der Waals surface area contributed by atoms with E-state index in [2.05, 4.69) is 48.0 Å². The first-order valence-electron chi connectivity index (χ1n) is 7.50. The van der Waals surface area contributed by atoms with Gasteiger partial charge >= 0.3 is 0 Å². The van der Waals surface area contributed by atoms with Gasteiger partial charge in [-0.25, -0.2) is 9.97 Å². The van der Waals surface area contributed by atoms with Crippen LogP contribution in [-0.4, -0.2) is 64.4 Å². The van der Waals surface area contributed by atoms with Crippen LogP contribution in [0.2, 0.25) is 0 Å². The van der Waals surface area contributed by atoms with Crippen molar-refractivity contribution in [2.75, 3.05) is 38.5 Å². The summed E-state index contributed by atoms with van der Waals surface area (Å²) in [6, 6.07) is 0. The molecule has 0 unspecified atom stereocenters. The molecule has 0 aromatic carbocycles. The van der Waals surface area contributed by atoms with Crippen molar-refractivity contribution in [2.45, 2.75) is 32.7 Å². The average molecular weight is 291 g/mol. The molecule has 6 heteroatoms. The summed E-state index contributed by atoms with van der Waals surface area (Å²) in [5.74, 6) is 0.679. The molecule has 2 rings (SSSR count). The smallest absolute Gasteiger partial charge is 0.274 e. The monoisotopic (exact) mass is 291 g/mol. The zero-order valence-electron chi connectivity index (χ0n) is 13.4. The fourth-order valence-corrected chi connectivity index (χ4v) is 2.36. The number of piperazine rings is 1. The van der Waals surface area contributed by atoms with Crippen molar-refractivity contribution in [3.8, 4) is 0 Å². The van der Waals surface area contributed by atoms with Crippen molar-refractivity contribution in [3.63, 3.8) is 0 Å². The van der Waals surface area contributed by atoms with E-state index in [1.165, 1.54) is 0 Å². The fraction of sp³-hybridized carbons (Fsp3) is 0.667. The molecule has 6 nitrogen and oxygen atoms in total. The molecule has 2 heterocycles. The molecule has 1 aliphatic heterocycles. The molecule has 0 atom stereocenters. The zero-order chi connectivity index (χ0) is 15.5. The summed E-state index contributed by atoms with van der Waals surface area (Å²) < 4.78 is 0. The number of nitrogens with zero attached hydrogens (tertiary/aromatic N) is 4. The molecule has 1 N–H and O–H groups in total. The summed E-state index contributed by atoms with van der Waals surface area (Å²) in [4.78, 5) is 25.1.